The van der Waals surface area contributed by atoms with Gasteiger partial charge in [-0.3, -0.25) is 4.79 Å². The van der Waals surface area contributed by atoms with E-state index < -0.39 is 0 Å². The number of aryl methyl sites for hydroxylation is 3. The van der Waals surface area contributed by atoms with Crippen molar-refractivity contribution < 1.29 is 9.59 Å². The van der Waals surface area contributed by atoms with Gasteiger partial charge in [-0.05, 0) is 62.4 Å². The van der Waals surface area contributed by atoms with Crippen molar-refractivity contribution in [2.24, 2.45) is 5.92 Å². The lowest BCUT2D eigenvalue weighted by Crippen LogP contribution is -2.42. The molecule has 0 aliphatic heterocycles. The largest absolute Gasteiger partial charge is 0.322 e. The number of rotatable bonds is 8. The van der Waals surface area contributed by atoms with Gasteiger partial charge in [-0.1, -0.05) is 74.0 Å². The van der Waals surface area contributed by atoms with Crippen molar-refractivity contribution in [3.8, 4) is 16.9 Å². The van der Waals surface area contributed by atoms with Crippen LogP contribution >= 0.6 is 0 Å². The molecule has 0 saturated heterocycles. The first-order valence-electron chi connectivity index (χ1n) is 13.3. The van der Waals surface area contributed by atoms with Crippen LogP contribution in [-0.4, -0.2) is 39.7 Å². The first-order chi connectivity index (χ1) is 18.6. The predicted octanol–water partition coefficient (Wildman–Crippen LogP) is 6.90. The lowest BCUT2D eigenvalue weighted by atomic mass is 10.1. The van der Waals surface area contributed by atoms with Gasteiger partial charge in [-0.25, -0.2) is 9.48 Å². The molecule has 0 atom stereocenters. The van der Waals surface area contributed by atoms with Crippen LogP contribution in [0.2, 0.25) is 0 Å². The summed E-state index contributed by atoms with van der Waals surface area (Å²) >= 11 is 0. The Morgan fingerprint density at radius 3 is 2.31 bits per heavy atom. The van der Waals surface area contributed by atoms with Crippen LogP contribution in [0.3, 0.4) is 0 Å². The molecule has 0 spiro atoms. The van der Waals surface area contributed by atoms with E-state index in [0.29, 0.717) is 12.4 Å². The standard InChI is InChI=1S/C32H37N5O2/c1-21(2)19-36(32(39)33-27-14-10-11-23(4)25(27)6)20-31(38)34-30-18-28(26-12-8-7-9-13-26)35-37(30)29-16-15-22(3)17-24(29)5/h7-18,21H,19-20H2,1-6H3,(H,33,39)(H,34,38). The number of carbonyl (C=O) groups is 2. The van der Waals surface area contributed by atoms with Crippen LogP contribution in [0.5, 0.6) is 0 Å². The first kappa shape index (κ1) is 27.6. The van der Waals surface area contributed by atoms with Crippen LogP contribution in [0.1, 0.15) is 36.1 Å². The summed E-state index contributed by atoms with van der Waals surface area (Å²) in [6, 6.07) is 23.3. The van der Waals surface area contributed by atoms with Crippen molar-refractivity contribution in [1.82, 2.24) is 14.7 Å². The third kappa shape index (κ3) is 6.74. The van der Waals surface area contributed by atoms with Crippen LogP contribution in [0.25, 0.3) is 16.9 Å². The zero-order valence-electron chi connectivity index (χ0n) is 23.6. The molecule has 1 heterocycles. The molecule has 7 nitrogen and oxygen atoms in total. The molecule has 4 rings (SSSR count). The van der Waals surface area contributed by atoms with E-state index in [9.17, 15) is 9.59 Å². The van der Waals surface area contributed by atoms with Gasteiger partial charge in [-0.15, -0.1) is 0 Å². The number of benzene rings is 3. The number of anilines is 2. The van der Waals surface area contributed by atoms with Crippen LogP contribution in [0, 0.1) is 33.6 Å². The van der Waals surface area contributed by atoms with Crippen LogP contribution in [0.4, 0.5) is 16.3 Å². The number of amides is 3. The molecule has 0 aliphatic rings. The summed E-state index contributed by atoms with van der Waals surface area (Å²) in [6.07, 6.45) is 0. The number of hydrogen-bond donors (Lipinski definition) is 2. The molecule has 0 fully saturated rings. The maximum atomic E-state index is 13.4. The molecule has 0 radical (unpaired) electrons. The molecular weight excluding hydrogens is 486 g/mol. The van der Waals surface area contributed by atoms with Gasteiger partial charge in [0.15, 0.2) is 0 Å². The van der Waals surface area contributed by atoms with E-state index in [1.165, 1.54) is 0 Å². The zero-order chi connectivity index (χ0) is 28.1. The van der Waals surface area contributed by atoms with Gasteiger partial charge >= 0.3 is 6.03 Å². The Balaban J connectivity index is 1.60. The van der Waals surface area contributed by atoms with E-state index in [0.717, 1.165) is 44.9 Å². The second-order valence-electron chi connectivity index (χ2n) is 10.5. The fourth-order valence-corrected chi connectivity index (χ4v) is 4.54. The molecular formula is C32H37N5O2. The summed E-state index contributed by atoms with van der Waals surface area (Å²) in [7, 11) is 0. The summed E-state index contributed by atoms with van der Waals surface area (Å²) < 4.78 is 1.76. The third-order valence-electron chi connectivity index (χ3n) is 6.68. The molecule has 0 saturated carbocycles. The van der Waals surface area contributed by atoms with Gasteiger partial charge in [0, 0.05) is 23.9 Å². The normalized spacial score (nSPS) is 10.9. The Labute approximate surface area is 230 Å². The molecule has 202 valence electrons. The SMILES string of the molecule is Cc1ccc(-n2nc(-c3ccccc3)cc2NC(=O)CN(CC(C)C)C(=O)Nc2cccc(C)c2C)c(C)c1. The molecule has 0 unspecified atom stereocenters. The topological polar surface area (TPSA) is 79.3 Å². The molecule has 39 heavy (non-hydrogen) atoms. The highest BCUT2D eigenvalue weighted by atomic mass is 16.2. The molecule has 0 aliphatic carbocycles. The Hall–Kier alpha value is -4.39. The highest BCUT2D eigenvalue weighted by Gasteiger charge is 2.21. The minimum absolute atomic E-state index is 0.0897. The summed E-state index contributed by atoms with van der Waals surface area (Å²) in [4.78, 5) is 28.2. The lowest BCUT2D eigenvalue weighted by Gasteiger charge is -2.25. The van der Waals surface area contributed by atoms with Crippen molar-refractivity contribution in [1.29, 1.82) is 0 Å². The van der Waals surface area contributed by atoms with Crippen molar-refractivity contribution in [3.05, 3.63) is 95.1 Å². The third-order valence-corrected chi connectivity index (χ3v) is 6.68. The maximum Gasteiger partial charge on any atom is 0.322 e. The van der Waals surface area contributed by atoms with Gasteiger partial charge in [0.05, 0.1) is 11.4 Å². The average molecular weight is 524 g/mol. The van der Waals surface area contributed by atoms with E-state index >= 15 is 0 Å². The van der Waals surface area contributed by atoms with Gasteiger partial charge in [0.1, 0.15) is 12.4 Å². The van der Waals surface area contributed by atoms with Crippen LogP contribution in [-0.2, 0) is 4.79 Å². The molecule has 7 heteroatoms. The second-order valence-corrected chi connectivity index (χ2v) is 10.5. The van der Waals surface area contributed by atoms with Gasteiger partial charge < -0.3 is 15.5 Å². The molecule has 1 aromatic heterocycles. The van der Waals surface area contributed by atoms with Gasteiger partial charge in [0.2, 0.25) is 5.91 Å². The van der Waals surface area contributed by atoms with E-state index in [1.807, 2.05) is 108 Å². The van der Waals surface area contributed by atoms with Crippen molar-refractivity contribution in [2.75, 3.05) is 23.7 Å². The van der Waals surface area contributed by atoms with Crippen molar-refractivity contribution >= 4 is 23.4 Å². The fourth-order valence-electron chi connectivity index (χ4n) is 4.54. The number of urea groups is 1. The van der Waals surface area contributed by atoms with Crippen LogP contribution in [0.15, 0.2) is 72.8 Å². The average Bonchev–Trinajstić information content (AvgIpc) is 3.29. The van der Waals surface area contributed by atoms with Gasteiger partial charge in [0.25, 0.3) is 0 Å². The molecule has 3 amide bonds. The Kier molecular flexibility index (Phi) is 8.49. The number of carbonyl (C=O) groups excluding carboxylic acids is 2. The second kappa shape index (κ2) is 12.0. The number of hydrogen-bond acceptors (Lipinski definition) is 3. The fraction of sp³-hybridized carbons (Fsp3) is 0.281. The van der Waals surface area contributed by atoms with Gasteiger partial charge in [-0.2, -0.15) is 5.10 Å². The minimum atomic E-state index is -0.305. The first-order valence-corrected chi connectivity index (χ1v) is 13.3. The van der Waals surface area contributed by atoms with E-state index in [2.05, 4.69) is 16.7 Å². The Morgan fingerprint density at radius 1 is 0.872 bits per heavy atom. The molecule has 0 bridgehead atoms. The minimum Gasteiger partial charge on any atom is -0.315 e. The summed E-state index contributed by atoms with van der Waals surface area (Å²) in [5.41, 5.74) is 7.61. The zero-order valence-corrected chi connectivity index (χ0v) is 23.6. The predicted molar refractivity (Wildman–Crippen MR) is 158 cm³/mol. The summed E-state index contributed by atoms with van der Waals surface area (Å²) in [6.45, 7) is 12.5. The number of aromatic nitrogens is 2. The Morgan fingerprint density at radius 2 is 1.62 bits per heavy atom. The number of nitrogens with zero attached hydrogens (tertiary/aromatic N) is 3. The highest BCUT2D eigenvalue weighted by Crippen LogP contribution is 2.27. The monoisotopic (exact) mass is 523 g/mol. The lowest BCUT2D eigenvalue weighted by molar-refractivity contribution is -0.116. The molecule has 3 aromatic carbocycles. The Bertz CT molecular complexity index is 1470. The number of nitrogens with one attached hydrogen (secondary N) is 2. The van der Waals surface area contributed by atoms with Crippen molar-refractivity contribution in [3.63, 3.8) is 0 Å². The van der Waals surface area contributed by atoms with E-state index in [4.69, 9.17) is 5.10 Å². The summed E-state index contributed by atoms with van der Waals surface area (Å²) in [5.74, 6) is 0.440. The maximum absolute atomic E-state index is 13.4. The molecule has 2 N–H and O–H groups in total. The summed E-state index contributed by atoms with van der Waals surface area (Å²) in [5, 5.41) is 10.9. The van der Waals surface area contributed by atoms with E-state index in [1.54, 1.807) is 9.58 Å². The van der Waals surface area contributed by atoms with Crippen LogP contribution < -0.4 is 10.6 Å². The smallest absolute Gasteiger partial charge is 0.315 e. The van der Waals surface area contributed by atoms with E-state index in [-0.39, 0.29) is 24.4 Å². The van der Waals surface area contributed by atoms with Crippen molar-refractivity contribution in [2.45, 2.75) is 41.5 Å². The molecule has 4 aromatic rings. The highest BCUT2D eigenvalue weighted by molar-refractivity contribution is 5.97. The quantitative estimate of drug-likeness (QED) is 0.264.